The molecule has 1 aromatic heterocycles. The van der Waals surface area contributed by atoms with Gasteiger partial charge in [-0.15, -0.1) is 0 Å². The summed E-state index contributed by atoms with van der Waals surface area (Å²) in [7, 11) is -3.69. The molecule has 3 aliphatic rings. The van der Waals surface area contributed by atoms with Crippen molar-refractivity contribution in [1.29, 1.82) is 0 Å². The van der Waals surface area contributed by atoms with E-state index in [4.69, 9.17) is 14.6 Å². The predicted octanol–water partition coefficient (Wildman–Crippen LogP) is 2.86. The van der Waals surface area contributed by atoms with Gasteiger partial charge in [-0.05, 0) is 42.1 Å². The number of ether oxygens (including phenoxy) is 2. The van der Waals surface area contributed by atoms with E-state index < -0.39 is 10.0 Å². The molecule has 2 fully saturated rings. The minimum absolute atomic E-state index is 0.194. The summed E-state index contributed by atoms with van der Waals surface area (Å²) in [5, 5.41) is 5.49. The topological polar surface area (TPSA) is 106 Å². The Labute approximate surface area is 231 Å². The van der Waals surface area contributed by atoms with Crippen molar-refractivity contribution in [2.45, 2.75) is 4.90 Å². The summed E-state index contributed by atoms with van der Waals surface area (Å²) in [6.45, 7) is 3.96. The third-order valence-electron chi connectivity index (χ3n) is 6.66. The first kappa shape index (κ1) is 26.0. The van der Waals surface area contributed by atoms with Crippen LogP contribution in [0.3, 0.4) is 0 Å². The zero-order valence-electron chi connectivity index (χ0n) is 21.1. The quantitative estimate of drug-likeness (QED) is 0.435. The molecule has 0 atom stereocenters. The Morgan fingerprint density at radius 2 is 1.62 bits per heavy atom. The molecule has 3 aliphatic heterocycles. The highest BCUT2D eigenvalue weighted by molar-refractivity contribution is 8.18. The van der Waals surface area contributed by atoms with E-state index in [9.17, 15) is 13.2 Å². The highest BCUT2D eigenvalue weighted by atomic mass is 32.2. The number of rotatable bonds is 5. The SMILES string of the molecule is O=C1N=C(N2CCOCC2)S/C1=C\c1cn(-c2ccccc2)nc1-c1cccc(S(=O)(=O)N2CCOCC2)c1. The molecule has 0 unspecified atom stereocenters. The fraction of sp³-hybridized carbons (Fsp3) is 0.296. The number of benzene rings is 2. The molecule has 12 heteroatoms. The molecule has 0 radical (unpaired) electrons. The number of hydrogen-bond acceptors (Lipinski definition) is 8. The number of morpholine rings is 2. The van der Waals surface area contributed by atoms with Crippen molar-refractivity contribution in [3.8, 4) is 16.9 Å². The van der Waals surface area contributed by atoms with Crippen molar-refractivity contribution in [3.63, 3.8) is 0 Å². The van der Waals surface area contributed by atoms with E-state index in [-0.39, 0.29) is 10.8 Å². The van der Waals surface area contributed by atoms with Crippen molar-refractivity contribution in [2.75, 3.05) is 52.6 Å². The minimum Gasteiger partial charge on any atom is -0.379 e. The number of hydrogen-bond donors (Lipinski definition) is 0. The van der Waals surface area contributed by atoms with Crippen LogP contribution in [-0.4, -0.2) is 91.1 Å². The van der Waals surface area contributed by atoms with Gasteiger partial charge in [0.05, 0.1) is 41.9 Å². The number of amidine groups is 1. The Kier molecular flexibility index (Phi) is 7.36. The molecule has 1 amide bonds. The van der Waals surface area contributed by atoms with Gasteiger partial charge in [0.25, 0.3) is 5.91 Å². The first-order chi connectivity index (χ1) is 19.0. The van der Waals surface area contributed by atoms with Crippen LogP contribution >= 0.6 is 11.8 Å². The molecule has 2 aromatic carbocycles. The normalized spacial score (nSPS) is 20.0. The first-order valence-electron chi connectivity index (χ1n) is 12.7. The standard InChI is InChI=1S/C27H27N5O5S2/c33-26-24(38-27(28-26)30-9-13-36-14-10-30)18-21-19-32(22-6-2-1-3-7-22)29-25(21)20-5-4-8-23(17-20)39(34,35)31-11-15-37-16-12-31/h1-8,17-19H,9-16H2/b24-18-. The first-order valence-corrected chi connectivity index (χ1v) is 14.9. The summed E-state index contributed by atoms with van der Waals surface area (Å²) in [6, 6.07) is 16.4. The molecule has 202 valence electrons. The van der Waals surface area contributed by atoms with Gasteiger partial charge < -0.3 is 14.4 Å². The Hall–Kier alpha value is -3.29. The third kappa shape index (κ3) is 5.43. The zero-order valence-corrected chi connectivity index (χ0v) is 22.7. The van der Waals surface area contributed by atoms with Gasteiger partial charge in [0.2, 0.25) is 10.0 Å². The number of carbonyl (C=O) groups excluding carboxylic acids is 1. The number of thioether (sulfide) groups is 1. The van der Waals surface area contributed by atoms with E-state index in [1.54, 1.807) is 29.0 Å². The molecule has 0 spiro atoms. The van der Waals surface area contributed by atoms with Gasteiger partial charge in [0.15, 0.2) is 5.17 Å². The van der Waals surface area contributed by atoms with Crippen LogP contribution in [0.4, 0.5) is 0 Å². The molecule has 0 aliphatic carbocycles. The lowest BCUT2D eigenvalue weighted by Gasteiger charge is -2.27. The van der Waals surface area contributed by atoms with Gasteiger partial charge in [-0.1, -0.05) is 30.3 Å². The van der Waals surface area contributed by atoms with Gasteiger partial charge in [0.1, 0.15) is 5.69 Å². The zero-order chi connectivity index (χ0) is 26.8. The molecule has 2 saturated heterocycles. The van der Waals surface area contributed by atoms with Crippen molar-refractivity contribution in [3.05, 3.63) is 71.3 Å². The number of sulfonamides is 1. The van der Waals surface area contributed by atoms with E-state index in [0.29, 0.717) is 79.5 Å². The fourth-order valence-corrected chi connectivity index (χ4v) is 7.01. The number of carbonyl (C=O) groups is 1. The summed E-state index contributed by atoms with van der Waals surface area (Å²) in [5.74, 6) is -0.302. The molecule has 0 bridgehead atoms. The molecule has 3 aromatic rings. The van der Waals surface area contributed by atoms with Crippen LogP contribution < -0.4 is 0 Å². The van der Waals surface area contributed by atoms with Gasteiger partial charge in [-0.3, -0.25) is 4.79 Å². The second-order valence-electron chi connectivity index (χ2n) is 9.17. The number of para-hydroxylation sites is 1. The van der Waals surface area contributed by atoms with Crippen LogP contribution in [0.25, 0.3) is 23.0 Å². The van der Waals surface area contributed by atoms with E-state index in [1.165, 1.54) is 16.1 Å². The maximum absolute atomic E-state index is 13.3. The number of aromatic nitrogens is 2. The van der Waals surface area contributed by atoms with Crippen LogP contribution in [0.5, 0.6) is 0 Å². The molecule has 39 heavy (non-hydrogen) atoms. The lowest BCUT2D eigenvalue weighted by molar-refractivity contribution is -0.113. The molecular weight excluding hydrogens is 538 g/mol. The van der Waals surface area contributed by atoms with Crippen molar-refractivity contribution < 1.29 is 22.7 Å². The van der Waals surface area contributed by atoms with Gasteiger partial charge >= 0.3 is 0 Å². The monoisotopic (exact) mass is 565 g/mol. The largest absolute Gasteiger partial charge is 0.379 e. The van der Waals surface area contributed by atoms with Gasteiger partial charge in [-0.25, -0.2) is 13.1 Å². The lowest BCUT2D eigenvalue weighted by atomic mass is 10.1. The number of nitrogens with zero attached hydrogens (tertiary/aromatic N) is 5. The predicted molar refractivity (Wildman–Crippen MR) is 149 cm³/mol. The maximum Gasteiger partial charge on any atom is 0.286 e. The van der Waals surface area contributed by atoms with Crippen LogP contribution in [0.2, 0.25) is 0 Å². The van der Waals surface area contributed by atoms with E-state index in [1.807, 2.05) is 42.6 Å². The van der Waals surface area contributed by atoms with Gasteiger partial charge in [0, 0.05) is 43.5 Å². The highest BCUT2D eigenvalue weighted by Gasteiger charge is 2.29. The highest BCUT2D eigenvalue weighted by Crippen LogP contribution is 2.34. The molecule has 6 rings (SSSR count). The Balaban J connectivity index is 1.37. The second kappa shape index (κ2) is 11.1. The molecule has 10 nitrogen and oxygen atoms in total. The third-order valence-corrected chi connectivity index (χ3v) is 9.60. The summed E-state index contributed by atoms with van der Waals surface area (Å²) in [4.78, 5) is 19.9. The lowest BCUT2D eigenvalue weighted by Crippen LogP contribution is -2.40. The summed E-state index contributed by atoms with van der Waals surface area (Å²) in [5.41, 5.74) is 2.74. The molecule has 0 saturated carbocycles. The summed E-state index contributed by atoms with van der Waals surface area (Å²) >= 11 is 1.34. The fourth-order valence-electron chi connectivity index (χ4n) is 4.60. The van der Waals surface area contributed by atoms with Crippen molar-refractivity contribution in [1.82, 2.24) is 19.0 Å². The Bertz CT molecular complexity index is 1540. The van der Waals surface area contributed by atoms with E-state index in [0.717, 1.165) is 5.69 Å². The van der Waals surface area contributed by atoms with E-state index in [2.05, 4.69) is 9.89 Å². The molecular formula is C27H27N5O5S2. The molecule has 0 N–H and O–H groups in total. The van der Waals surface area contributed by atoms with Crippen molar-refractivity contribution in [2.24, 2.45) is 4.99 Å². The summed E-state index contributed by atoms with van der Waals surface area (Å²) < 4.78 is 40.6. The average Bonchev–Trinajstić information content (AvgIpc) is 3.58. The Morgan fingerprint density at radius 1 is 0.897 bits per heavy atom. The summed E-state index contributed by atoms with van der Waals surface area (Å²) in [6.07, 6.45) is 3.64. The number of amides is 1. The minimum atomic E-state index is -3.69. The van der Waals surface area contributed by atoms with Gasteiger partial charge in [-0.2, -0.15) is 14.4 Å². The van der Waals surface area contributed by atoms with Crippen LogP contribution in [0, 0.1) is 0 Å². The van der Waals surface area contributed by atoms with Crippen molar-refractivity contribution >= 4 is 38.9 Å². The second-order valence-corrected chi connectivity index (χ2v) is 12.1. The number of aliphatic imine (C=N–C) groups is 1. The van der Waals surface area contributed by atoms with Crippen LogP contribution in [0.1, 0.15) is 5.56 Å². The smallest absolute Gasteiger partial charge is 0.286 e. The Morgan fingerprint density at radius 3 is 2.36 bits per heavy atom. The van der Waals surface area contributed by atoms with Crippen LogP contribution in [-0.2, 0) is 24.3 Å². The average molecular weight is 566 g/mol. The molecule has 4 heterocycles. The maximum atomic E-state index is 13.3. The van der Waals surface area contributed by atoms with Crippen LogP contribution in [0.15, 0.2) is 75.6 Å². The van der Waals surface area contributed by atoms with E-state index >= 15 is 0 Å².